The molecule has 0 aliphatic carbocycles. The van der Waals surface area contributed by atoms with Crippen LogP contribution in [0.1, 0.15) is 24.1 Å². The number of halogens is 1. The fourth-order valence-corrected chi connectivity index (χ4v) is 5.18. The SMILES string of the molecule is Cc1ccccc1S(=O)(=O)N1CCN(C(C)c2ccc(Br)cc2)CC1. The molecule has 1 saturated heterocycles. The van der Waals surface area contributed by atoms with Gasteiger partial charge in [0, 0.05) is 36.7 Å². The lowest BCUT2D eigenvalue weighted by Crippen LogP contribution is -2.49. The van der Waals surface area contributed by atoms with Crippen LogP contribution in [0.25, 0.3) is 0 Å². The van der Waals surface area contributed by atoms with Crippen molar-refractivity contribution in [2.45, 2.75) is 24.8 Å². The van der Waals surface area contributed by atoms with E-state index in [-0.39, 0.29) is 6.04 Å². The molecule has 25 heavy (non-hydrogen) atoms. The second-order valence-electron chi connectivity index (χ2n) is 6.43. The highest BCUT2D eigenvalue weighted by Crippen LogP contribution is 2.26. The monoisotopic (exact) mass is 422 g/mol. The lowest BCUT2D eigenvalue weighted by atomic mass is 10.1. The molecule has 0 spiro atoms. The van der Waals surface area contributed by atoms with Crippen molar-refractivity contribution in [3.8, 4) is 0 Å². The van der Waals surface area contributed by atoms with Crippen LogP contribution in [0, 0.1) is 6.92 Å². The van der Waals surface area contributed by atoms with Crippen molar-refractivity contribution < 1.29 is 8.42 Å². The molecule has 0 N–H and O–H groups in total. The minimum Gasteiger partial charge on any atom is -0.294 e. The molecule has 0 radical (unpaired) electrons. The van der Waals surface area contributed by atoms with E-state index in [9.17, 15) is 8.42 Å². The molecule has 1 atom stereocenters. The van der Waals surface area contributed by atoms with E-state index < -0.39 is 10.0 Å². The summed E-state index contributed by atoms with van der Waals surface area (Å²) in [5, 5.41) is 0. The van der Waals surface area contributed by atoms with Crippen LogP contribution in [0.2, 0.25) is 0 Å². The lowest BCUT2D eigenvalue weighted by molar-refractivity contribution is 0.146. The predicted octanol–water partition coefficient (Wildman–Crippen LogP) is 3.83. The van der Waals surface area contributed by atoms with Gasteiger partial charge in [-0.25, -0.2) is 8.42 Å². The lowest BCUT2D eigenvalue weighted by Gasteiger charge is -2.37. The van der Waals surface area contributed by atoms with Gasteiger partial charge in [0.05, 0.1) is 4.90 Å². The maximum atomic E-state index is 12.9. The van der Waals surface area contributed by atoms with Crippen LogP contribution in [0.3, 0.4) is 0 Å². The summed E-state index contributed by atoms with van der Waals surface area (Å²) < 4.78 is 28.5. The molecule has 134 valence electrons. The quantitative estimate of drug-likeness (QED) is 0.751. The number of aryl methyl sites for hydroxylation is 1. The summed E-state index contributed by atoms with van der Waals surface area (Å²) in [6.07, 6.45) is 0. The van der Waals surface area contributed by atoms with Gasteiger partial charge in [-0.2, -0.15) is 4.31 Å². The van der Waals surface area contributed by atoms with Crippen molar-refractivity contribution >= 4 is 26.0 Å². The minimum absolute atomic E-state index is 0.274. The van der Waals surface area contributed by atoms with E-state index in [1.807, 2.05) is 31.2 Å². The number of piperazine rings is 1. The van der Waals surface area contributed by atoms with Crippen molar-refractivity contribution in [1.29, 1.82) is 0 Å². The summed E-state index contributed by atoms with van der Waals surface area (Å²) in [7, 11) is -3.41. The highest BCUT2D eigenvalue weighted by molar-refractivity contribution is 9.10. The van der Waals surface area contributed by atoms with Gasteiger partial charge in [-0.3, -0.25) is 4.90 Å². The molecule has 2 aromatic rings. The highest BCUT2D eigenvalue weighted by atomic mass is 79.9. The normalized spacial score (nSPS) is 18.2. The summed E-state index contributed by atoms with van der Waals surface area (Å²) in [6.45, 7) is 6.55. The van der Waals surface area contributed by atoms with Crippen molar-refractivity contribution in [2.24, 2.45) is 0 Å². The zero-order valence-electron chi connectivity index (χ0n) is 14.5. The summed E-state index contributed by atoms with van der Waals surface area (Å²) in [4.78, 5) is 2.76. The summed E-state index contributed by atoms with van der Waals surface area (Å²) >= 11 is 3.46. The van der Waals surface area contributed by atoms with Crippen molar-refractivity contribution in [1.82, 2.24) is 9.21 Å². The predicted molar refractivity (Wildman–Crippen MR) is 104 cm³/mol. The third kappa shape index (κ3) is 3.97. The molecular weight excluding hydrogens is 400 g/mol. The number of nitrogens with zero attached hydrogens (tertiary/aromatic N) is 2. The van der Waals surface area contributed by atoms with Crippen LogP contribution in [-0.2, 0) is 10.0 Å². The summed E-state index contributed by atoms with van der Waals surface area (Å²) in [5.74, 6) is 0. The number of benzene rings is 2. The molecule has 2 aromatic carbocycles. The van der Waals surface area contributed by atoms with Gasteiger partial charge in [-0.05, 0) is 43.2 Å². The Hall–Kier alpha value is -1.21. The maximum Gasteiger partial charge on any atom is 0.243 e. The molecule has 4 nitrogen and oxygen atoms in total. The van der Waals surface area contributed by atoms with Crippen LogP contribution >= 0.6 is 15.9 Å². The van der Waals surface area contributed by atoms with Crippen molar-refractivity contribution in [3.63, 3.8) is 0 Å². The van der Waals surface area contributed by atoms with Crippen LogP contribution in [0.15, 0.2) is 57.9 Å². The molecule has 1 unspecified atom stereocenters. The minimum atomic E-state index is -3.41. The molecule has 0 amide bonds. The van der Waals surface area contributed by atoms with Gasteiger partial charge in [0.15, 0.2) is 0 Å². The Labute approximate surface area is 158 Å². The highest BCUT2D eigenvalue weighted by Gasteiger charge is 2.30. The number of hydrogen-bond donors (Lipinski definition) is 0. The molecule has 1 aliphatic heterocycles. The van der Waals surface area contributed by atoms with Gasteiger partial charge in [-0.1, -0.05) is 46.3 Å². The fraction of sp³-hybridized carbons (Fsp3) is 0.368. The van der Waals surface area contributed by atoms with E-state index in [4.69, 9.17) is 0 Å². The van der Waals surface area contributed by atoms with E-state index >= 15 is 0 Å². The average Bonchev–Trinajstić information content (AvgIpc) is 2.62. The Bertz CT molecular complexity index is 829. The van der Waals surface area contributed by atoms with Crippen LogP contribution in [0.4, 0.5) is 0 Å². The largest absolute Gasteiger partial charge is 0.294 e. The number of hydrogen-bond acceptors (Lipinski definition) is 3. The van der Waals surface area contributed by atoms with Crippen LogP contribution in [-0.4, -0.2) is 43.8 Å². The van der Waals surface area contributed by atoms with Gasteiger partial charge in [-0.15, -0.1) is 0 Å². The van der Waals surface area contributed by atoms with E-state index in [0.717, 1.165) is 23.1 Å². The third-order valence-electron chi connectivity index (χ3n) is 4.88. The number of sulfonamides is 1. The third-order valence-corrected chi connectivity index (χ3v) is 7.47. The van der Waals surface area contributed by atoms with Gasteiger partial charge in [0.25, 0.3) is 0 Å². The summed E-state index contributed by atoms with van der Waals surface area (Å²) in [5.41, 5.74) is 2.05. The van der Waals surface area contributed by atoms with E-state index in [1.165, 1.54) is 5.56 Å². The Morgan fingerprint density at radius 1 is 0.960 bits per heavy atom. The molecule has 3 rings (SSSR count). The zero-order valence-corrected chi connectivity index (χ0v) is 16.9. The maximum absolute atomic E-state index is 12.9. The first-order chi connectivity index (χ1) is 11.9. The van der Waals surface area contributed by atoms with E-state index in [1.54, 1.807) is 16.4 Å². The Morgan fingerprint density at radius 3 is 2.16 bits per heavy atom. The average molecular weight is 423 g/mol. The first-order valence-electron chi connectivity index (χ1n) is 8.45. The van der Waals surface area contributed by atoms with E-state index in [2.05, 4.69) is 39.9 Å². The molecule has 1 aliphatic rings. The second-order valence-corrected chi connectivity index (χ2v) is 9.26. The standard InChI is InChI=1S/C19H23BrN2O2S/c1-15-5-3-4-6-19(15)25(23,24)22-13-11-21(12-14-22)16(2)17-7-9-18(20)10-8-17/h3-10,16H,11-14H2,1-2H3. The van der Waals surface area contributed by atoms with Crippen molar-refractivity contribution in [3.05, 3.63) is 64.1 Å². The molecular formula is C19H23BrN2O2S. The second kappa shape index (κ2) is 7.58. The van der Waals surface area contributed by atoms with Gasteiger partial charge < -0.3 is 0 Å². The first-order valence-corrected chi connectivity index (χ1v) is 10.7. The zero-order chi connectivity index (χ0) is 18.0. The molecule has 0 bridgehead atoms. The van der Waals surface area contributed by atoms with Crippen LogP contribution < -0.4 is 0 Å². The Balaban J connectivity index is 1.69. The first kappa shape index (κ1) is 18.6. The van der Waals surface area contributed by atoms with Crippen LogP contribution in [0.5, 0.6) is 0 Å². The fourth-order valence-electron chi connectivity index (χ4n) is 3.27. The molecule has 1 fully saturated rings. The number of rotatable bonds is 4. The molecule has 0 aromatic heterocycles. The Morgan fingerprint density at radius 2 is 1.56 bits per heavy atom. The van der Waals surface area contributed by atoms with Crippen molar-refractivity contribution in [2.75, 3.05) is 26.2 Å². The molecule has 1 heterocycles. The van der Waals surface area contributed by atoms with E-state index in [0.29, 0.717) is 18.0 Å². The topological polar surface area (TPSA) is 40.6 Å². The smallest absolute Gasteiger partial charge is 0.243 e. The van der Waals surface area contributed by atoms with Gasteiger partial charge in [0.1, 0.15) is 0 Å². The van der Waals surface area contributed by atoms with Gasteiger partial charge in [0.2, 0.25) is 10.0 Å². The molecule has 6 heteroatoms. The summed E-state index contributed by atoms with van der Waals surface area (Å²) in [6, 6.07) is 15.8. The molecule has 0 saturated carbocycles. The van der Waals surface area contributed by atoms with Gasteiger partial charge >= 0.3 is 0 Å². The Kier molecular flexibility index (Phi) is 5.63.